The molecule has 2 aromatic heterocycles. The first kappa shape index (κ1) is 32.5. The van der Waals surface area contributed by atoms with E-state index in [1.54, 1.807) is 27.7 Å². The number of carbonyl (C=O) groups is 2. The summed E-state index contributed by atoms with van der Waals surface area (Å²) in [6.45, 7) is 9.02. The molecule has 1 saturated heterocycles. The minimum absolute atomic E-state index is 0.00622. The number of fused-ring (bicyclic) bond motifs is 2. The lowest BCUT2D eigenvalue weighted by Gasteiger charge is -2.34. The van der Waals surface area contributed by atoms with Gasteiger partial charge in [0.25, 0.3) is 0 Å². The summed E-state index contributed by atoms with van der Waals surface area (Å²) >= 11 is 0. The second-order valence-corrected chi connectivity index (χ2v) is 12.4. The lowest BCUT2D eigenvalue weighted by molar-refractivity contribution is -0.160. The molecule has 1 aliphatic carbocycles. The highest BCUT2D eigenvalue weighted by molar-refractivity contribution is 5.95. The topological polar surface area (TPSA) is 103 Å². The number of alkyl halides is 4. The highest BCUT2D eigenvalue weighted by Crippen LogP contribution is 2.42. The molecule has 2 aliphatic rings. The molecule has 240 valence electrons. The molecule has 0 spiro atoms. The zero-order valence-electron chi connectivity index (χ0n) is 25.7. The average Bonchev–Trinajstić information content (AvgIpc) is 3.39. The predicted molar refractivity (Wildman–Crippen MR) is 158 cm³/mol. The summed E-state index contributed by atoms with van der Waals surface area (Å²) in [6, 6.07) is 6.23. The summed E-state index contributed by atoms with van der Waals surface area (Å²) in [5.41, 5.74) is 1.48. The van der Waals surface area contributed by atoms with Crippen molar-refractivity contribution in [2.45, 2.75) is 90.5 Å². The van der Waals surface area contributed by atoms with Gasteiger partial charge in [-0.2, -0.15) is 18.3 Å². The van der Waals surface area contributed by atoms with Crippen molar-refractivity contribution in [1.29, 1.82) is 0 Å². The monoisotopic (exact) mass is 629 g/mol. The third kappa shape index (κ3) is 6.72. The van der Waals surface area contributed by atoms with E-state index in [-0.39, 0.29) is 35.4 Å². The number of carbonyl (C=O) groups excluding carboxylic acids is 1. The van der Waals surface area contributed by atoms with E-state index in [9.17, 15) is 27.9 Å². The molecule has 5 rings (SSSR count). The predicted octanol–water partition coefficient (Wildman–Crippen LogP) is 7.04. The quantitative estimate of drug-likeness (QED) is 0.211. The number of carboxylic acid groups (broad SMARTS) is 1. The first-order chi connectivity index (χ1) is 21.0. The van der Waals surface area contributed by atoms with E-state index in [2.05, 4.69) is 10.1 Å². The molecule has 3 aromatic rings. The van der Waals surface area contributed by atoms with Gasteiger partial charge in [0.05, 0.1) is 16.9 Å². The summed E-state index contributed by atoms with van der Waals surface area (Å²) in [5.74, 6) is -1.72. The molecule has 1 aliphatic heterocycles. The maximum atomic E-state index is 15.6. The summed E-state index contributed by atoms with van der Waals surface area (Å²) < 4.78 is 68.2. The van der Waals surface area contributed by atoms with Crippen LogP contribution in [0.3, 0.4) is 0 Å². The Morgan fingerprint density at radius 2 is 1.91 bits per heavy atom. The second-order valence-electron chi connectivity index (χ2n) is 12.4. The Hall–Kier alpha value is -3.90. The number of ketones is 1. The summed E-state index contributed by atoms with van der Waals surface area (Å²) in [4.78, 5) is 30.5. The van der Waals surface area contributed by atoms with Gasteiger partial charge in [0.2, 0.25) is 0 Å². The third-order valence-electron chi connectivity index (χ3n) is 7.96. The Labute approximate surface area is 257 Å². The Bertz CT molecular complexity index is 1720. The summed E-state index contributed by atoms with van der Waals surface area (Å²) in [6.07, 6.45) is -5.64. The van der Waals surface area contributed by atoms with Crippen LogP contribution in [-0.4, -0.2) is 55.9 Å². The van der Waals surface area contributed by atoms with Crippen LogP contribution in [-0.2, 0) is 26.9 Å². The summed E-state index contributed by atoms with van der Waals surface area (Å²) in [7, 11) is 0. The first-order valence-electron chi connectivity index (χ1n) is 14.7. The zero-order valence-corrected chi connectivity index (χ0v) is 25.7. The van der Waals surface area contributed by atoms with Crippen LogP contribution in [0, 0.1) is 6.92 Å². The average molecular weight is 630 g/mol. The van der Waals surface area contributed by atoms with E-state index in [4.69, 9.17) is 9.47 Å². The molecule has 3 atom stereocenters. The van der Waals surface area contributed by atoms with Crippen LogP contribution >= 0.6 is 0 Å². The van der Waals surface area contributed by atoms with E-state index in [0.29, 0.717) is 36.3 Å². The van der Waals surface area contributed by atoms with Crippen LogP contribution in [0.2, 0.25) is 0 Å². The Kier molecular flexibility index (Phi) is 8.76. The number of aryl methyl sites for hydroxylation is 2. The number of halogens is 4. The smallest absolute Gasteiger partial charge is 0.416 e. The van der Waals surface area contributed by atoms with Crippen molar-refractivity contribution in [3.63, 3.8) is 0 Å². The van der Waals surface area contributed by atoms with Gasteiger partial charge in [-0.05, 0) is 82.7 Å². The van der Waals surface area contributed by atoms with Gasteiger partial charge < -0.3 is 14.6 Å². The standard InChI is InChI=1S/C33H35F4N3O5/c1-17-21-10-7-13-44-29(21)23(34)15-22(17)28-27(30(31(42)43)45-32(3,4)5)18(2)38-26-16-24(39-40(26)28)25(41)12-11-19-8-6-9-20(14-19)33(35,36)37/h6,8-9,14-16,23,29-30H,7,10-13H2,1-5H3,(H,42,43). The van der Waals surface area contributed by atoms with Crippen LogP contribution in [0.5, 0.6) is 0 Å². The number of hydrogen-bond acceptors (Lipinski definition) is 6. The van der Waals surface area contributed by atoms with E-state index in [0.717, 1.165) is 23.3 Å². The molecule has 3 unspecified atom stereocenters. The normalized spacial score (nSPS) is 19.8. The molecule has 0 saturated carbocycles. The fourth-order valence-electron chi connectivity index (χ4n) is 5.92. The Balaban J connectivity index is 1.62. The van der Waals surface area contributed by atoms with Gasteiger partial charge in [0, 0.05) is 35.9 Å². The number of hydrogen-bond donors (Lipinski definition) is 1. The van der Waals surface area contributed by atoms with Crippen LogP contribution < -0.4 is 0 Å². The van der Waals surface area contributed by atoms with Gasteiger partial charge in [0.1, 0.15) is 18.0 Å². The van der Waals surface area contributed by atoms with Crippen LogP contribution in [0.25, 0.3) is 11.2 Å². The van der Waals surface area contributed by atoms with Gasteiger partial charge in [0.15, 0.2) is 17.5 Å². The van der Waals surface area contributed by atoms with E-state index >= 15 is 4.39 Å². The number of ether oxygens (including phenoxy) is 2. The number of aliphatic carboxylic acids is 1. The van der Waals surface area contributed by atoms with Crippen LogP contribution in [0.4, 0.5) is 17.6 Å². The number of nitrogens with zero attached hydrogens (tertiary/aromatic N) is 3. The number of carboxylic acids is 1. The molecule has 0 radical (unpaired) electrons. The van der Waals surface area contributed by atoms with Crippen molar-refractivity contribution in [3.8, 4) is 0 Å². The van der Waals surface area contributed by atoms with Crippen LogP contribution in [0.15, 0.2) is 47.6 Å². The SMILES string of the molecule is CC1=C2CCCOC2C(F)C=C1c1c(C(OC(C)(C)C)C(=O)O)c(C)nc2cc(C(=O)CCc3cccc(C(F)(F)F)c3)nn12. The molecular formula is C33H35F4N3O5. The Morgan fingerprint density at radius 1 is 1.18 bits per heavy atom. The molecule has 8 nitrogen and oxygen atoms in total. The fraction of sp³-hybridized carbons (Fsp3) is 0.455. The highest BCUT2D eigenvalue weighted by Gasteiger charge is 2.38. The number of rotatable bonds is 8. The first-order valence-corrected chi connectivity index (χ1v) is 14.7. The second kappa shape index (κ2) is 12.1. The van der Waals surface area contributed by atoms with Crippen molar-refractivity contribution < 1.29 is 41.7 Å². The van der Waals surface area contributed by atoms with Gasteiger partial charge >= 0.3 is 12.1 Å². The molecular weight excluding hydrogens is 594 g/mol. The molecule has 45 heavy (non-hydrogen) atoms. The Morgan fingerprint density at radius 3 is 2.58 bits per heavy atom. The maximum Gasteiger partial charge on any atom is 0.416 e. The third-order valence-corrected chi connectivity index (χ3v) is 7.96. The summed E-state index contributed by atoms with van der Waals surface area (Å²) in [5, 5.41) is 14.8. The maximum absolute atomic E-state index is 15.6. The van der Waals surface area contributed by atoms with Crippen molar-refractivity contribution >= 4 is 23.0 Å². The molecule has 1 fully saturated rings. The number of benzene rings is 1. The molecule has 3 heterocycles. The van der Waals surface area contributed by atoms with E-state index in [1.165, 1.54) is 28.8 Å². The zero-order chi connectivity index (χ0) is 32.8. The fourth-order valence-corrected chi connectivity index (χ4v) is 5.92. The minimum Gasteiger partial charge on any atom is -0.479 e. The number of aromatic nitrogens is 3. The lowest BCUT2D eigenvalue weighted by Crippen LogP contribution is -2.34. The highest BCUT2D eigenvalue weighted by atomic mass is 19.4. The minimum atomic E-state index is -4.51. The molecule has 0 bridgehead atoms. The van der Waals surface area contributed by atoms with Gasteiger partial charge in [-0.15, -0.1) is 0 Å². The van der Waals surface area contributed by atoms with E-state index in [1.807, 2.05) is 6.92 Å². The lowest BCUT2D eigenvalue weighted by atomic mass is 9.82. The van der Waals surface area contributed by atoms with E-state index < -0.39 is 47.5 Å². The molecule has 1 aromatic carbocycles. The van der Waals surface area contributed by atoms with Crippen molar-refractivity contribution in [2.75, 3.05) is 6.61 Å². The van der Waals surface area contributed by atoms with Crippen molar-refractivity contribution in [1.82, 2.24) is 14.6 Å². The van der Waals surface area contributed by atoms with Crippen LogP contribution in [0.1, 0.15) is 91.6 Å². The number of allylic oxidation sites excluding steroid dienone is 2. The molecule has 0 amide bonds. The molecule has 12 heteroatoms. The van der Waals surface area contributed by atoms with Crippen molar-refractivity contribution in [3.05, 3.63) is 81.3 Å². The van der Waals surface area contributed by atoms with Gasteiger partial charge in [-0.1, -0.05) is 18.2 Å². The number of Topliss-reactive ketones (excluding diaryl/α,β-unsaturated/α-hetero) is 1. The van der Waals surface area contributed by atoms with Gasteiger partial charge in [-0.3, -0.25) is 4.79 Å². The van der Waals surface area contributed by atoms with Crippen molar-refractivity contribution in [2.24, 2.45) is 0 Å². The van der Waals surface area contributed by atoms with Gasteiger partial charge in [-0.25, -0.2) is 18.7 Å². The molecule has 1 N–H and O–H groups in total. The largest absolute Gasteiger partial charge is 0.479 e.